The molecule has 10 heteroatoms. The van der Waals surface area contributed by atoms with Crippen LogP contribution < -0.4 is 16.0 Å². The second kappa shape index (κ2) is 7.89. The molecule has 0 aromatic heterocycles. The number of nitrogens with zero attached hydrogens (tertiary/aromatic N) is 1. The Hall–Kier alpha value is -1.45. The van der Waals surface area contributed by atoms with E-state index < -0.39 is 21.7 Å². The molecule has 0 radical (unpaired) electrons. The number of halogens is 1. The van der Waals surface area contributed by atoms with Crippen LogP contribution in [-0.2, 0) is 9.84 Å². The third-order valence-corrected chi connectivity index (χ3v) is 5.29. The molecule has 7 nitrogen and oxygen atoms in total. The van der Waals surface area contributed by atoms with Crippen LogP contribution in [0.2, 0.25) is 0 Å². The molecular formula is C13H19ClN4O3S2. The molecule has 4 N–H and O–H groups in total. The van der Waals surface area contributed by atoms with Gasteiger partial charge in [-0.2, -0.15) is 11.8 Å². The normalized spacial score (nSPS) is 14.7. The summed E-state index contributed by atoms with van der Waals surface area (Å²) in [5.74, 6) is 0.798. The van der Waals surface area contributed by atoms with Gasteiger partial charge in [0, 0.05) is 36.4 Å². The molecule has 1 amide bonds. The van der Waals surface area contributed by atoms with Crippen LogP contribution in [0.3, 0.4) is 0 Å². The van der Waals surface area contributed by atoms with Crippen molar-refractivity contribution in [2.24, 2.45) is 5.73 Å². The lowest BCUT2D eigenvalue weighted by Gasteiger charge is -2.30. The van der Waals surface area contributed by atoms with Crippen LogP contribution in [0.1, 0.15) is 10.4 Å². The van der Waals surface area contributed by atoms with Crippen LogP contribution in [0.4, 0.5) is 5.69 Å². The largest absolute Gasteiger partial charge is 0.370 e. The van der Waals surface area contributed by atoms with Gasteiger partial charge in [-0.1, -0.05) is 0 Å². The Bertz CT molecular complexity index is 703. The average Bonchev–Trinajstić information content (AvgIpc) is 2.46. The van der Waals surface area contributed by atoms with E-state index in [2.05, 4.69) is 5.32 Å². The Morgan fingerprint density at radius 2 is 1.96 bits per heavy atom. The number of benzene rings is 1. The molecule has 1 aromatic rings. The zero-order valence-electron chi connectivity index (χ0n) is 12.5. The fraction of sp³-hybridized carbons (Fsp3) is 0.385. The van der Waals surface area contributed by atoms with Crippen molar-refractivity contribution < 1.29 is 13.2 Å². The topological polar surface area (TPSA) is 116 Å². The number of rotatable bonds is 3. The molecule has 1 fully saturated rings. The van der Waals surface area contributed by atoms with E-state index in [0.717, 1.165) is 30.9 Å². The highest BCUT2D eigenvalue weighted by Gasteiger charge is 2.22. The van der Waals surface area contributed by atoms with Crippen LogP contribution in [-0.4, -0.2) is 51.1 Å². The van der Waals surface area contributed by atoms with E-state index in [4.69, 9.17) is 11.1 Å². The highest BCUT2D eigenvalue weighted by atomic mass is 35.5. The number of hydrogen-bond donors (Lipinski definition) is 3. The van der Waals surface area contributed by atoms with Crippen molar-refractivity contribution in [1.82, 2.24) is 5.32 Å². The molecule has 128 valence electrons. The Morgan fingerprint density at radius 3 is 2.48 bits per heavy atom. The Labute approximate surface area is 145 Å². The fourth-order valence-electron chi connectivity index (χ4n) is 2.21. The van der Waals surface area contributed by atoms with Crippen LogP contribution in [0, 0.1) is 5.41 Å². The van der Waals surface area contributed by atoms with Crippen LogP contribution in [0.25, 0.3) is 0 Å². The van der Waals surface area contributed by atoms with Gasteiger partial charge in [-0.25, -0.2) is 8.42 Å². The quantitative estimate of drug-likeness (QED) is 0.526. The first-order valence-electron chi connectivity index (χ1n) is 6.61. The van der Waals surface area contributed by atoms with Gasteiger partial charge in [0.1, 0.15) is 0 Å². The van der Waals surface area contributed by atoms with Crippen molar-refractivity contribution >= 4 is 51.6 Å². The van der Waals surface area contributed by atoms with E-state index in [-0.39, 0.29) is 22.9 Å². The summed E-state index contributed by atoms with van der Waals surface area (Å²) < 4.78 is 24.1. The van der Waals surface area contributed by atoms with Crippen molar-refractivity contribution in [2.75, 3.05) is 35.8 Å². The number of carbonyl (C=O) groups is 1. The highest BCUT2D eigenvalue weighted by molar-refractivity contribution is 7.99. The number of sulfone groups is 1. The minimum Gasteiger partial charge on any atom is -0.370 e. The molecule has 1 saturated heterocycles. The number of guanidine groups is 1. The molecule has 1 heterocycles. The van der Waals surface area contributed by atoms with Crippen LogP contribution >= 0.6 is 24.2 Å². The number of hydrogen-bond acceptors (Lipinski definition) is 6. The van der Waals surface area contributed by atoms with E-state index in [1.165, 1.54) is 6.07 Å². The summed E-state index contributed by atoms with van der Waals surface area (Å²) in [6, 6.07) is 4.52. The summed E-state index contributed by atoms with van der Waals surface area (Å²) >= 11 is 1.83. The van der Waals surface area contributed by atoms with Gasteiger partial charge in [0.25, 0.3) is 5.91 Å². The number of carbonyl (C=O) groups excluding carboxylic acids is 1. The first-order chi connectivity index (χ1) is 10.3. The summed E-state index contributed by atoms with van der Waals surface area (Å²) in [5, 5.41) is 9.22. The van der Waals surface area contributed by atoms with Gasteiger partial charge in [-0.05, 0) is 18.2 Å². The second-order valence-corrected chi connectivity index (χ2v) is 8.13. The first-order valence-corrected chi connectivity index (χ1v) is 9.66. The minimum absolute atomic E-state index is 0. The van der Waals surface area contributed by atoms with Crippen molar-refractivity contribution in [2.45, 2.75) is 4.90 Å². The van der Waals surface area contributed by atoms with E-state index in [9.17, 15) is 13.2 Å². The smallest absolute Gasteiger partial charge is 0.257 e. The van der Waals surface area contributed by atoms with E-state index in [1.54, 1.807) is 12.1 Å². The molecule has 23 heavy (non-hydrogen) atoms. The zero-order valence-corrected chi connectivity index (χ0v) is 15.0. The summed E-state index contributed by atoms with van der Waals surface area (Å²) in [5.41, 5.74) is 5.90. The van der Waals surface area contributed by atoms with Gasteiger partial charge in [-0.15, -0.1) is 12.4 Å². The third kappa shape index (κ3) is 5.02. The molecular weight excluding hydrogens is 360 g/mol. The van der Waals surface area contributed by atoms with Crippen molar-refractivity contribution in [1.29, 1.82) is 5.41 Å². The molecule has 1 aliphatic heterocycles. The average molecular weight is 379 g/mol. The SMILES string of the molecule is CS(=O)(=O)c1cc(C(=O)NC(=N)N)ccc1N1CCSCC1.Cl. The van der Waals surface area contributed by atoms with E-state index in [1.807, 2.05) is 16.7 Å². The summed E-state index contributed by atoms with van der Waals surface area (Å²) in [6.45, 7) is 1.54. The molecule has 0 aliphatic carbocycles. The minimum atomic E-state index is -3.48. The molecule has 1 aliphatic rings. The molecule has 0 saturated carbocycles. The second-order valence-electron chi connectivity index (χ2n) is 4.92. The predicted octanol–water partition coefficient (Wildman–Crippen LogP) is 0.688. The van der Waals surface area contributed by atoms with Gasteiger partial charge in [-0.3, -0.25) is 15.5 Å². The van der Waals surface area contributed by atoms with Crippen molar-refractivity contribution in [3.8, 4) is 0 Å². The van der Waals surface area contributed by atoms with E-state index in [0.29, 0.717) is 5.69 Å². The maximum atomic E-state index is 12.1. The van der Waals surface area contributed by atoms with Crippen LogP contribution in [0.15, 0.2) is 23.1 Å². The predicted molar refractivity (Wildman–Crippen MR) is 95.7 cm³/mol. The lowest BCUT2D eigenvalue weighted by atomic mass is 10.1. The van der Waals surface area contributed by atoms with Gasteiger partial charge in [0.2, 0.25) is 0 Å². The number of nitrogens with one attached hydrogen (secondary N) is 2. The number of thioether (sulfide) groups is 1. The van der Waals surface area contributed by atoms with Crippen molar-refractivity contribution in [3.05, 3.63) is 23.8 Å². The van der Waals surface area contributed by atoms with Gasteiger partial charge in [0.05, 0.1) is 10.6 Å². The molecule has 0 atom stereocenters. The standard InChI is InChI=1S/C13H18N4O3S2.ClH/c1-22(19,20)11-8-9(12(18)16-13(14)15)2-3-10(11)17-4-6-21-7-5-17;/h2-3,8H,4-7H2,1H3,(H4,14,15,16,18);1H. The Kier molecular flexibility index (Phi) is 6.72. The van der Waals surface area contributed by atoms with Gasteiger partial charge >= 0.3 is 0 Å². The molecule has 0 unspecified atom stereocenters. The Morgan fingerprint density at radius 1 is 1.35 bits per heavy atom. The summed E-state index contributed by atoms with van der Waals surface area (Å²) in [4.78, 5) is 14.0. The monoisotopic (exact) mass is 378 g/mol. The summed E-state index contributed by atoms with van der Waals surface area (Å²) in [7, 11) is -3.48. The molecule has 0 spiro atoms. The van der Waals surface area contributed by atoms with Gasteiger partial charge < -0.3 is 10.6 Å². The Balaban J connectivity index is 0.00000264. The lowest BCUT2D eigenvalue weighted by molar-refractivity contribution is 0.0976. The maximum Gasteiger partial charge on any atom is 0.257 e. The number of anilines is 1. The molecule has 0 bridgehead atoms. The third-order valence-electron chi connectivity index (χ3n) is 3.22. The highest BCUT2D eigenvalue weighted by Crippen LogP contribution is 2.28. The van der Waals surface area contributed by atoms with Gasteiger partial charge in [0.15, 0.2) is 15.8 Å². The lowest BCUT2D eigenvalue weighted by Crippen LogP contribution is -2.36. The first kappa shape index (κ1) is 19.6. The molecule has 1 aromatic carbocycles. The molecule has 2 rings (SSSR count). The maximum absolute atomic E-state index is 12.1. The number of nitrogens with two attached hydrogens (primary N) is 1. The van der Waals surface area contributed by atoms with E-state index >= 15 is 0 Å². The fourth-order valence-corrected chi connectivity index (χ4v) is 4.03. The number of amides is 1. The summed E-state index contributed by atoms with van der Waals surface area (Å²) in [6.07, 6.45) is 1.12. The van der Waals surface area contributed by atoms with Crippen LogP contribution in [0.5, 0.6) is 0 Å². The van der Waals surface area contributed by atoms with Crippen molar-refractivity contribution in [3.63, 3.8) is 0 Å². The zero-order chi connectivity index (χ0) is 16.3.